The Hall–Kier alpha value is -2.56. The smallest absolute Gasteiger partial charge is 0.262 e. The number of benzene rings is 1. The number of aliphatic hydroxyl groups excluding tert-OH is 1. The molecule has 1 aromatic heterocycles. The molecule has 5 rings (SSSR count). The lowest BCUT2D eigenvalue weighted by Gasteiger charge is -2.37. The number of rotatable bonds is 1. The Balaban J connectivity index is 1.78. The minimum atomic E-state index is -0.446. The molecule has 0 saturated carbocycles. The maximum absolute atomic E-state index is 12.9. The monoisotopic (exact) mass is 336 g/mol. The number of nitrogens with zero attached hydrogens (tertiary/aromatic N) is 1. The summed E-state index contributed by atoms with van der Waals surface area (Å²) in [7, 11) is 0. The molecule has 3 aliphatic rings. The van der Waals surface area contributed by atoms with Gasteiger partial charge in [0.2, 0.25) is 0 Å². The summed E-state index contributed by atoms with van der Waals surface area (Å²) in [5.41, 5.74) is 3.04. The summed E-state index contributed by atoms with van der Waals surface area (Å²) >= 11 is 0. The normalized spacial score (nSPS) is 29.3. The van der Waals surface area contributed by atoms with Crippen LogP contribution in [-0.4, -0.2) is 38.3 Å². The van der Waals surface area contributed by atoms with Gasteiger partial charge in [-0.1, -0.05) is 12.1 Å². The number of aromatic nitrogens is 1. The molecule has 25 heavy (non-hydrogen) atoms. The van der Waals surface area contributed by atoms with Crippen LogP contribution >= 0.6 is 0 Å². The van der Waals surface area contributed by atoms with Crippen molar-refractivity contribution >= 4 is 22.6 Å². The van der Waals surface area contributed by atoms with Crippen LogP contribution in [0.3, 0.4) is 0 Å². The fourth-order valence-corrected chi connectivity index (χ4v) is 5.47. The topological polar surface area (TPSA) is 73.4 Å². The van der Waals surface area contributed by atoms with Gasteiger partial charge in [-0.25, -0.2) is 0 Å². The highest BCUT2D eigenvalue weighted by molar-refractivity contribution is 6.21. The zero-order valence-electron chi connectivity index (χ0n) is 14.5. The number of H-pyrrole nitrogens is 1. The van der Waals surface area contributed by atoms with Crippen molar-refractivity contribution in [3.63, 3.8) is 0 Å². The highest BCUT2D eigenvalue weighted by Gasteiger charge is 2.63. The van der Waals surface area contributed by atoms with Gasteiger partial charge in [0.15, 0.2) is 5.78 Å². The number of hydrogen-bond donors (Lipinski definition) is 2. The van der Waals surface area contributed by atoms with E-state index < -0.39 is 11.6 Å². The number of nitrogens with one attached hydrogen (secondary N) is 1. The third-order valence-corrected chi connectivity index (χ3v) is 6.52. The Bertz CT molecular complexity index is 998. The van der Waals surface area contributed by atoms with Gasteiger partial charge in [0.1, 0.15) is 11.3 Å². The molecule has 128 valence electrons. The predicted octanol–water partition coefficient (Wildman–Crippen LogP) is 2.83. The Morgan fingerprint density at radius 2 is 2.12 bits per heavy atom. The number of fused-ring (bicyclic) bond motifs is 4. The fraction of sp³-hybridized carbons (Fsp3) is 0.400. The predicted molar refractivity (Wildman–Crippen MR) is 93.3 cm³/mol. The van der Waals surface area contributed by atoms with Gasteiger partial charge in [0.05, 0.1) is 6.04 Å². The number of carbonyl (C=O) groups is 2. The molecule has 0 unspecified atom stereocenters. The minimum absolute atomic E-state index is 0.000509. The maximum Gasteiger partial charge on any atom is 0.262 e. The maximum atomic E-state index is 12.9. The summed E-state index contributed by atoms with van der Waals surface area (Å²) < 4.78 is 0. The van der Waals surface area contributed by atoms with Crippen molar-refractivity contribution in [2.45, 2.75) is 44.7 Å². The van der Waals surface area contributed by atoms with E-state index in [9.17, 15) is 14.7 Å². The number of amides is 1. The van der Waals surface area contributed by atoms with E-state index >= 15 is 0 Å². The molecular weight excluding hydrogens is 316 g/mol. The molecule has 1 amide bonds. The van der Waals surface area contributed by atoms with Crippen molar-refractivity contribution in [2.75, 3.05) is 0 Å². The van der Waals surface area contributed by atoms with Gasteiger partial charge in [-0.15, -0.1) is 0 Å². The third kappa shape index (κ3) is 1.54. The SMILES string of the molecule is CC(=O)C1=C(O)[C@@H]2[C@H]3c4c[nH]c5cccc(c45)C[C@H]3C(C)(C)N2C1=O. The van der Waals surface area contributed by atoms with E-state index in [1.165, 1.54) is 17.9 Å². The zero-order valence-corrected chi connectivity index (χ0v) is 14.5. The molecule has 1 aliphatic carbocycles. The quantitative estimate of drug-likeness (QED) is 0.787. The zero-order chi connectivity index (χ0) is 17.7. The molecule has 0 bridgehead atoms. The second-order valence-corrected chi connectivity index (χ2v) is 8.01. The van der Waals surface area contributed by atoms with Gasteiger partial charge < -0.3 is 15.0 Å². The molecule has 0 spiro atoms. The molecule has 2 aliphatic heterocycles. The molecule has 1 aromatic carbocycles. The Morgan fingerprint density at radius 1 is 1.36 bits per heavy atom. The lowest BCUT2D eigenvalue weighted by Crippen LogP contribution is -2.47. The first-order chi connectivity index (χ1) is 11.8. The largest absolute Gasteiger partial charge is 0.509 e. The number of carbonyl (C=O) groups excluding carboxylic acids is 2. The van der Waals surface area contributed by atoms with E-state index in [-0.39, 0.29) is 34.9 Å². The molecule has 2 N–H and O–H groups in total. The molecule has 1 saturated heterocycles. The lowest BCUT2D eigenvalue weighted by atomic mass is 9.69. The van der Waals surface area contributed by atoms with Crippen LogP contribution in [0.1, 0.15) is 37.8 Å². The Morgan fingerprint density at radius 3 is 2.84 bits per heavy atom. The number of hydrogen-bond acceptors (Lipinski definition) is 3. The molecule has 2 aromatic rings. The Labute approximate surface area is 145 Å². The van der Waals surface area contributed by atoms with E-state index in [0.29, 0.717) is 0 Å². The van der Waals surface area contributed by atoms with E-state index in [1.807, 2.05) is 6.20 Å². The van der Waals surface area contributed by atoms with Gasteiger partial charge >= 0.3 is 0 Å². The molecule has 5 heteroatoms. The van der Waals surface area contributed by atoms with Crippen LogP contribution in [0.4, 0.5) is 0 Å². The van der Waals surface area contributed by atoms with Gasteiger partial charge in [-0.3, -0.25) is 9.59 Å². The lowest BCUT2D eigenvalue weighted by molar-refractivity contribution is -0.132. The third-order valence-electron chi connectivity index (χ3n) is 6.52. The first-order valence-corrected chi connectivity index (χ1v) is 8.70. The van der Waals surface area contributed by atoms with Gasteiger partial charge in [0, 0.05) is 28.6 Å². The summed E-state index contributed by atoms with van der Waals surface area (Å²) in [6.45, 7) is 5.45. The summed E-state index contributed by atoms with van der Waals surface area (Å²) in [4.78, 5) is 29.9. The van der Waals surface area contributed by atoms with Crippen LogP contribution in [-0.2, 0) is 16.0 Å². The summed E-state index contributed by atoms with van der Waals surface area (Å²) in [5.74, 6) is -0.540. The number of aliphatic hydroxyl groups is 1. The van der Waals surface area contributed by atoms with Crippen LogP contribution in [0.2, 0.25) is 0 Å². The molecular formula is C20H20N2O3. The molecule has 3 atom stereocenters. The molecule has 1 fully saturated rings. The second kappa shape index (κ2) is 4.34. The van der Waals surface area contributed by atoms with Crippen LogP contribution in [0.5, 0.6) is 0 Å². The van der Waals surface area contributed by atoms with Crippen molar-refractivity contribution in [2.24, 2.45) is 5.92 Å². The molecule has 3 heterocycles. The first-order valence-electron chi connectivity index (χ1n) is 8.70. The molecule has 5 nitrogen and oxygen atoms in total. The van der Waals surface area contributed by atoms with Crippen LogP contribution in [0.25, 0.3) is 10.9 Å². The fourth-order valence-electron chi connectivity index (χ4n) is 5.47. The van der Waals surface area contributed by atoms with Gasteiger partial charge in [-0.2, -0.15) is 0 Å². The Kier molecular flexibility index (Phi) is 2.56. The summed E-state index contributed by atoms with van der Waals surface area (Å²) in [6.07, 6.45) is 2.87. The van der Waals surface area contributed by atoms with Crippen LogP contribution in [0, 0.1) is 5.92 Å². The average Bonchev–Trinajstić information content (AvgIpc) is 3.14. The van der Waals surface area contributed by atoms with E-state index in [2.05, 4.69) is 37.0 Å². The molecule has 0 radical (unpaired) electrons. The summed E-state index contributed by atoms with van der Waals surface area (Å²) in [6, 6.07) is 5.81. The number of aromatic amines is 1. The van der Waals surface area contributed by atoms with Crippen molar-refractivity contribution in [3.05, 3.63) is 46.9 Å². The van der Waals surface area contributed by atoms with E-state index in [0.717, 1.165) is 17.5 Å². The minimum Gasteiger partial charge on any atom is -0.509 e. The van der Waals surface area contributed by atoms with Crippen LogP contribution in [0.15, 0.2) is 35.7 Å². The van der Waals surface area contributed by atoms with Crippen LogP contribution < -0.4 is 0 Å². The van der Waals surface area contributed by atoms with Crippen molar-refractivity contribution < 1.29 is 14.7 Å². The van der Waals surface area contributed by atoms with Crippen molar-refractivity contribution in [3.8, 4) is 0 Å². The van der Waals surface area contributed by atoms with Gasteiger partial charge in [-0.05, 0) is 50.3 Å². The summed E-state index contributed by atoms with van der Waals surface area (Å²) in [5, 5.41) is 12.0. The number of Topliss-reactive ketones (excluding diaryl/α,β-unsaturated/α-hetero) is 1. The average molecular weight is 336 g/mol. The first kappa shape index (κ1) is 14.8. The van der Waals surface area contributed by atoms with Crippen molar-refractivity contribution in [1.82, 2.24) is 9.88 Å². The van der Waals surface area contributed by atoms with Gasteiger partial charge in [0.25, 0.3) is 5.91 Å². The van der Waals surface area contributed by atoms with E-state index in [1.54, 1.807) is 4.90 Å². The second-order valence-electron chi connectivity index (χ2n) is 8.01. The van der Waals surface area contributed by atoms with E-state index in [4.69, 9.17) is 0 Å². The highest BCUT2D eigenvalue weighted by atomic mass is 16.3. The van der Waals surface area contributed by atoms with Crippen molar-refractivity contribution in [1.29, 1.82) is 0 Å². The standard InChI is InChI=1S/C20H20N2O3/c1-9(23)14-18(24)17-16-11-8-21-13-6-4-5-10(15(11)13)7-12(16)20(2,3)22(17)19(14)25/h4-6,8,12,16-17,21,24H,7H2,1-3H3/t12-,16+,17+/m1/s1. The highest BCUT2D eigenvalue weighted by Crippen LogP contribution is 2.58. The number of ketones is 1.